The smallest absolute Gasteiger partial charge is 0.306 e. The first-order valence-corrected chi connectivity index (χ1v) is 7.49. The van der Waals surface area contributed by atoms with Crippen molar-refractivity contribution in [1.82, 2.24) is 19.8 Å². The Morgan fingerprint density at radius 3 is 2.68 bits per heavy atom. The van der Waals surface area contributed by atoms with Crippen molar-refractivity contribution in [3.8, 4) is 0 Å². The van der Waals surface area contributed by atoms with Crippen LogP contribution in [0.15, 0.2) is 0 Å². The van der Waals surface area contributed by atoms with Crippen LogP contribution in [0.5, 0.6) is 0 Å². The molecule has 2 unspecified atom stereocenters. The van der Waals surface area contributed by atoms with Crippen LogP contribution in [0.3, 0.4) is 0 Å². The fraction of sp³-hybridized carbons (Fsp3) is 0.667. The number of carboxylic acids is 1. The number of carboxylic acid groups (broad SMARTS) is 1. The molecule has 2 aliphatic rings. The van der Waals surface area contributed by atoms with Crippen molar-refractivity contribution in [1.29, 1.82) is 0 Å². The van der Waals surface area contributed by atoms with E-state index in [-0.39, 0.29) is 11.8 Å². The van der Waals surface area contributed by atoms with Gasteiger partial charge in [0.2, 0.25) is 4.96 Å². The average molecular weight is 278 g/mol. The van der Waals surface area contributed by atoms with Gasteiger partial charge in [-0.05, 0) is 32.1 Å². The first-order chi connectivity index (χ1) is 9.22. The largest absolute Gasteiger partial charge is 0.481 e. The molecule has 0 bridgehead atoms. The molecule has 2 aromatic heterocycles. The molecule has 2 heterocycles. The third-order valence-electron chi connectivity index (χ3n) is 4.10. The molecule has 0 aliphatic heterocycles. The Balaban J connectivity index is 1.63. The number of carbonyl (C=O) groups is 1. The quantitative estimate of drug-likeness (QED) is 0.929. The van der Waals surface area contributed by atoms with E-state index in [0.29, 0.717) is 12.3 Å². The van der Waals surface area contributed by atoms with Gasteiger partial charge in [0.15, 0.2) is 5.82 Å². The highest BCUT2D eigenvalue weighted by Gasteiger charge is 2.34. The predicted molar refractivity (Wildman–Crippen MR) is 68.4 cm³/mol. The number of fused-ring (bicyclic) bond motifs is 1. The van der Waals surface area contributed by atoms with E-state index in [2.05, 4.69) is 15.3 Å². The molecule has 0 radical (unpaired) electrons. The molecule has 0 spiro atoms. The number of hydrogen-bond acceptors (Lipinski definition) is 5. The third kappa shape index (κ3) is 1.83. The van der Waals surface area contributed by atoms with Crippen LogP contribution >= 0.6 is 11.3 Å². The van der Waals surface area contributed by atoms with E-state index in [1.165, 1.54) is 12.8 Å². The molecule has 2 fully saturated rings. The highest BCUT2D eigenvalue weighted by atomic mass is 32.1. The Hall–Kier alpha value is -1.50. The summed E-state index contributed by atoms with van der Waals surface area (Å²) in [6.07, 6.45) is 4.74. The van der Waals surface area contributed by atoms with Crippen LogP contribution in [0.1, 0.15) is 54.8 Å². The predicted octanol–water partition coefficient (Wildman–Crippen LogP) is 2.03. The van der Waals surface area contributed by atoms with Crippen molar-refractivity contribution in [3.05, 3.63) is 10.8 Å². The van der Waals surface area contributed by atoms with Gasteiger partial charge in [0.25, 0.3) is 0 Å². The maximum atomic E-state index is 11.0. The summed E-state index contributed by atoms with van der Waals surface area (Å²) in [5, 5.41) is 23.1. The molecule has 2 aromatic rings. The number of aliphatic carboxylic acids is 1. The second-order valence-electron chi connectivity index (χ2n) is 5.51. The molecule has 19 heavy (non-hydrogen) atoms. The van der Waals surface area contributed by atoms with E-state index in [0.717, 1.165) is 28.6 Å². The van der Waals surface area contributed by atoms with Gasteiger partial charge in [0.1, 0.15) is 5.01 Å². The summed E-state index contributed by atoms with van der Waals surface area (Å²) in [6, 6.07) is 0. The lowest BCUT2D eigenvalue weighted by Crippen LogP contribution is -2.09. The summed E-state index contributed by atoms with van der Waals surface area (Å²) in [7, 11) is 0. The van der Waals surface area contributed by atoms with Gasteiger partial charge in [0, 0.05) is 11.8 Å². The minimum absolute atomic E-state index is 0.206. The molecule has 0 amide bonds. The van der Waals surface area contributed by atoms with Crippen molar-refractivity contribution < 1.29 is 9.90 Å². The molecule has 100 valence electrons. The minimum atomic E-state index is -0.677. The van der Waals surface area contributed by atoms with Crippen LogP contribution in [-0.2, 0) is 4.79 Å². The van der Waals surface area contributed by atoms with Gasteiger partial charge < -0.3 is 5.11 Å². The number of rotatable bonds is 3. The summed E-state index contributed by atoms with van der Waals surface area (Å²) < 4.78 is 1.87. The highest BCUT2D eigenvalue weighted by molar-refractivity contribution is 7.16. The second kappa shape index (κ2) is 4.00. The average Bonchev–Trinajstić information content (AvgIpc) is 2.84. The lowest BCUT2D eigenvalue weighted by atomic mass is 10.1. The number of hydrogen-bond donors (Lipinski definition) is 1. The van der Waals surface area contributed by atoms with E-state index < -0.39 is 5.97 Å². The molecular formula is C12H14N4O2S. The second-order valence-corrected chi connectivity index (χ2v) is 6.50. The zero-order chi connectivity index (χ0) is 13.0. The third-order valence-corrected chi connectivity index (χ3v) is 5.17. The lowest BCUT2D eigenvalue weighted by Gasteiger charge is -2.04. The summed E-state index contributed by atoms with van der Waals surface area (Å²) in [5.74, 6) is 0.900. The molecule has 7 heteroatoms. The van der Waals surface area contributed by atoms with E-state index in [9.17, 15) is 4.79 Å². The van der Waals surface area contributed by atoms with Crippen LogP contribution < -0.4 is 0 Å². The standard InChI is InChI=1S/C12H14N4O2S/c17-11(18)8-4-3-7(5-8)10-15-16-9(6-1-2-6)13-14-12(16)19-10/h6-8H,1-5H2,(H,17,18). The molecule has 4 rings (SSSR count). The van der Waals surface area contributed by atoms with Crippen molar-refractivity contribution in [3.63, 3.8) is 0 Å². The summed E-state index contributed by atoms with van der Waals surface area (Å²) in [6.45, 7) is 0. The SMILES string of the molecule is O=C(O)C1CCC(c2nn3c(C4CC4)nnc3s2)C1. The van der Waals surface area contributed by atoms with Crippen LogP contribution in [0.4, 0.5) is 0 Å². The highest BCUT2D eigenvalue weighted by Crippen LogP contribution is 2.42. The monoisotopic (exact) mass is 278 g/mol. The zero-order valence-electron chi connectivity index (χ0n) is 10.3. The van der Waals surface area contributed by atoms with Crippen LogP contribution in [0, 0.1) is 5.92 Å². The van der Waals surface area contributed by atoms with Crippen LogP contribution in [0.2, 0.25) is 0 Å². The van der Waals surface area contributed by atoms with Crippen molar-refractivity contribution in [2.45, 2.75) is 43.9 Å². The summed E-state index contributed by atoms with van der Waals surface area (Å²) in [4.78, 5) is 11.9. The molecule has 2 atom stereocenters. The topological polar surface area (TPSA) is 80.4 Å². The zero-order valence-corrected chi connectivity index (χ0v) is 11.1. The summed E-state index contributed by atoms with van der Waals surface area (Å²) in [5.41, 5.74) is 0. The Kier molecular flexibility index (Phi) is 2.38. The van der Waals surface area contributed by atoms with Gasteiger partial charge in [-0.25, -0.2) is 0 Å². The lowest BCUT2D eigenvalue weighted by molar-refractivity contribution is -0.141. The van der Waals surface area contributed by atoms with Gasteiger partial charge in [0.05, 0.1) is 5.92 Å². The van der Waals surface area contributed by atoms with Crippen molar-refractivity contribution >= 4 is 22.3 Å². The summed E-state index contributed by atoms with van der Waals surface area (Å²) >= 11 is 1.56. The number of aromatic nitrogens is 4. The minimum Gasteiger partial charge on any atom is -0.481 e. The van der Waals surface area contributed by atoms with Gasteiger partial charge in [-0.15, -0.1) is 10.2 Å². The molecular weight excluding hydrogens is 264 g/mol. The Morgan fingerprint density at radius 1 is 1.21 bits per heavy atom. The van der Waals surface area contributed by atoms with Crippen molar-refractivity contribution in [2.75, 3.05) is 0 Å². The first kappa shape index (κ1) is 11.3. The Morgan fingerprint density at radius 2 is 2.00 bits per heavy atom. The normalized spacial score (nSPS) is 27.2. The first-order valence-electron chi connectivity index (χ1n) is 6.67. The van der Waals surface area contributed by atoms with E-state index in [1.54, 1.807) is 11.3 Å². The fourth-order valence-corrected chi connectivity index (χ4v) is 3.83. The Bertz CT molecular complexity index is 645. The number of nitrogens with zero attached hydrogens (tertiary/aromatic N) is 4. The van der Waals surface area contributed by atoms with Gasteiger partial charge in [-0.3, -0.25) is 4.79 Å². The van der Waals surface area contributed by atoms with Gasteiger partial charge in [-0.2, -0.15) is 9.61 Å². The molecule has 2 saturated carbocycles. The van der Waals surface area contributed by atoms with E-state index >= 15 is 0 Å². The molecule has 1 N–H and O–H groups in total. The van der Waals surface area contributed by atoms with Gasteiger partial charge in [-0.1, -0.05) is 11.3 Å². The molecule has 0 aromatic carbocycles. The maximum Gasteiger partial charge on any atom is 0.306 e. The van der Waals surface area contributed by atoms with Crippen molar-refractivity contribution in [2.24, 2.45) is 5.92 Å². The fourth-order valence-electron chi connectivity index (χ4n) is 2.84. The van der Waals surface area contributed by atoms with Crippen LogP contribution in [-0.4, -0.2) is 30.9 Å². The van der Waals surface area contributed by atoms with E-state index in [4.69, 9.17) is 5.11 Å². The van der Waals surface area contributed by atoms with Crippen LogP contribution in [0.25, 0.3) is 4.96 Å². The maximum absolute atomic E-state index is 11.0. The Labute approximate surface area is 113 Å². The van der Waals surface area contributed by atoms with Gasteiger partial charge >= 0.3 is 5.97 Å². The van der Waals surface area contributed by atoms with E-state index in [1.807, 2.05) is 4.52 Å². The molecule has 2 aliphatic carbocycles. The molecule has 0 saturated heterocycles. The molecule has 6 nitrogen and oxygen atoms in total.